The number of ketones is 1. The number of fused-ring (bicyclic) bond motifs is 2. The molecule has 0 atom stereocenters. The summed E-state index contributed by atoms with van der Waals surface area (Å²) in [5.41, 5.74) is 5.86. The third-order valence-corrected chi connectivity index (χ3v) is 6.06. The van der Waals surface area contributed by atoms with Crippen molar-refractivity contribution in [3.05, 3.63) is 89.5 Å². The topological polar surface area (TPSA) is 93.1 Å². The number of H-pyrrole nitrogens is 1. The highest BCUT2D eigenvalue weighted by molar-refractivity contribution is 6.16. The highest BCUT2D eigenvalue weighted by Crippen LogP contribution is 2.24. The van der Waals surface area contributed by atoms with E-state index in [-0.39, 0.29) is 17.6 Å². The van der Waals surface area contributed by atoms with Gasteiger partial charge in [0.2, 0.25) is 5.95 Å². The van der Waals surface area contributed by atoms with Gasteiger partial charge in [-0.25, -0.2) is 15.0 Å². The van der Waals surface area contributed by atoms with Crippen LogP contribution in [0.25, 0.3) is 22.3 Å². The van der Waals surface area contributed by atoms with Gasteiger partial charge in [0.15, 0.2) is 17.1 Å². The largest absolute Gasteiger partial charge is 0.497 e. The van der Waals surface area contributed by atoms with Crippen LogP contribution in [-0.2, 0) is 5.41 Å². The molecule has 0 aliphatic rings. The van der Waals surface area contributed by atoms with E-state index in [1.807, 2.05) is 36.4 Å². The van der Waals surface area contributed by atoms with Crippen molar-refractivity contribution in [1.82, 2.24) is 19.9 Å². The Hall–Kier alpha value is -4.39. The molecule has 7 nitrogen and oxygen atoms in total. The minimum Gasteiger partial charge on any atom is -0.497 e. The average Bonchev–Trinajstić information content (AvgIpc) is 3.27. The fourth-order valence-corrected chi connectivity index (χ4v) is 3.97. The van der Waals surface area contributed by atoms with Crippen LogP contribution < -0.4 is 4.74 Å². The van der Waals surface area contributed by atoms with E-state index >= 15 is 0 Å². The second-order valence-electron chi connectivity index (χ2n) is 9.66. The molecule has 5 rings (SSSR count). The highest BCUT2D eigenvalue weighted by atomic mass is 16.5. The third-order valence-electron chi connectivity index (χ3n) is 6.06. The predicted octanol–water partition coefficient (Wildman–Crippen LogP) is 6.21. The summed E-state index contributed by atoms with van der Waals surface area (Å²) in [6.07, 6.45) is 0.112. The Morgan fingerprint density at radius 3 is 2.14 bits per heavy atom. The molecule has 0 aliphatic heterocycles. The number of nitrogens with zero attached hydrogens (tertiary/aromatic N) is 4. The molecule has 0 saturated carbocycles. The first-order valence-electron chi connectivity index (χ1n) is 11.8. The number of hydrogen-bond donors (Lipinski definition) is 1. The smallest absolute Gasteiger partial charge is 0.230 e. The Balaban J connectivity index is 1.54. The zero-order valence-corrected chi connectivity index (χ0v) is 20.7. The average molecular weight is 478 g/mol. The van der Waals surface area contributed by atoms with Crippen molar-refractivity contribution in [2.75, 3.05) is 7.11 Å². The maximum absolute atomic E-state index is 13.2. The number of aromatic amines is 1. The Labute approximate surface area is 209 Å². The SMILES string of the molecule is COc1ccc(C(=O)C/C(=N\c2nc3nc4ccccc4nc3[nH]2)c2ccc(C(C)(C)C)cc2)cc1. The summed E-state index contributed by atoms with van der Waals surface area (Å²) in [5, 5.41) is 0. The molecule has 0 radical (unpaired) electrons. The molecule has 0 amide bonds. The number of methoxy groups -OCH3 is 1. The number of nitrogens with one attached hydrogen (secondary N) is 1. The molecule has 7 heteroatoms. The summed E-state index contributed by atoms with van der Waals surface area (Å²) in [6, 6.07) is 22.9. The quantitative estimate of drug-likeness (QED) is 0.232. The first-order valence-corrected chi connectivity index (χ1v) is 11.8. The van der Waals surface area contributed by atoms with Gasteiger partial charge < -0.3 is 9.72 Å². The van der Waals surface area contributed by atoms with E-state index in [1.54, 1.807) is 31.4 Å². The van der Waals surface area contributed by atoms with Crippen molar-refractivity contribution in [1.29, 1.82) is 0 Å². The number of rotatable bonds is 6. The minimum absolute atomic E-state index is 0.0207. The van der Waals surface area contributed by atoms with Gasteiger partial charge in [-0.05, 0) is 52.9 Å². The Kier molecular flexibility index (Phi) is 6.06. The third kappa shape index (κ3) is 4.86. The van der Waals surface area contributed by atoms with Gasteiger partial charge in [-0.1, -0.05) is 57.2 Å². The van der Waals surface area contributed by atoms with E-state index in [2.05, 4.69) is 52.8 Å². The predicted molar refractivity (Wildman–Crippen MR) is 142 cm³/mol. The molecule has 5 aromatic rings. The van der Waals surface area contributed by atoms with Gasteiger partial charge in [0.05, 0.1) is 30.3 Å². The standard InChI is InChI=1S/C29H27N5O2/c1-29(2,3)20-13-9-18(10-14-20)24(17-25(35)19-11-15-21(36-4)16-12-19)32-28-33-26-27(34-28)31-23-8-6-5-7-22(23)30-26/h5-16H,17H2,1-4H3,(H,30,31,33,34)/b32-24+. The van der Waals surface area contributed by atoms with E-state index in [1.165, 1.54) is 5.56 Å². The lowest BCUT2D eigenvalue weighted by Gasteiger charge is -2.19. The first kappa shape index (κ1) is 23.4. The summed E-state index contributed by atoms with van der Waals surface area (Å²) >= 11 is 0. The van der Waals surface area contributed by atoms with Gasteiger partial charge in [-0.15, -0.1) is 0 Å². The molecule has 2 heterocycles. The van der Waals surface area contributed by atoms with E-state index < -0.39 is 0 Å². The molecule has 0 unspecified atom stereocenters. The molecule has 1 N–H and O–H groups in total. The summed E-state index contributed by atoms with van der Waals surface area (Å²) in [4.78, 5) is 34.9. The van der Waals surface area contributed by atoms with Gasteiger partial charge in [-0.3, -0.25) is 4.79 Å². The number of ether oxygens (including phenoxy) is 1. The van der Waals surface area contributed by atoms with Crippen LogP contribution in [0.15, 0.2) is 77.8 Å². The fraction of sp³-hybridized carbons (Fsp3) is 0.207. The van der Waals surface area contributed by atoms with Gasteiger partial charge in [-0.2, -0.15) is 4.98 Å². The molecular formula is C29H27N5O2. The van der Waals surface area contributed by atoms with E-state index in [9.17, 15) is 4.79 Å². The van der Waals surface area contributed by atoms with Crippen LogP contribution in [0, 0.1) is 0 Å². The molecule has 0 saturated heterocycles. The number of aromatic nitrogens is 4. The zero-order valence-electron chi connectivity index (χ0n) is 20.7. The number of carbonyl (C=O) groups excluding carboxylic acids is 1. The molecule has 0 bridgehead atoms. The number of para-hydroxylation sites is 2. The van der Waals surface area contributed by atoms with Gasteiger partial charge in [0.1, 0.15) is 5.75 Å². The maximum Gasteiger partial charge on any atom is 0.230 e. The van der Waals surface area contributed by atoms with Crippen molar-refractivity contribution >= 4 is 39.8 Å². The molecule has 180 valence electrons. The van der Waals surface area contributed by atoms with Crippen LogP contribution in [0.5, 0.6) is 5.75 Å². The summed E-state index contributed by atoms with van der Waals surface area (Å²) in [7, 11) is 1.60. The molecule has 0 fully saturated rings. The molecule has 0 spiro atoms. The van der Waals surface area contributed by atoms with Crippen molar-refractivity contribution in [2.45, 2.75) is 32.6 Å². The summed E-state index contributed by atoms with van der Waals surface area (Å²) in [6.45, 7) is 6.51. The van der Waals surface area contributed by atoms with Crippen LogP contribution in [0.4, 0.5) is 5.95 Å². The van der Waals surface area contributed by atoms with E-state index in [0.29, 0.717) is 34.3 Å². The minimum atomic E-state index is -0.0469. The number of aliphatic imine (C=N–C) groups is 1. The first-order chi connectivity index (χ1) is 17.3. The number of carbonyl (C=O) groups is 1. The lowest BCUT2D eigenvalue weighted by Crippen LogP contribution is -2.13. The van der Waals surface area contributed by atoms with Crippen molar-refractivity contribution in [3.8, 4) is 5.75 Å². The van der Waals surface area contributed by atoms with Crippen molar-refractivity contribution in [3.63, 3.8) is 0 Å². The molecular weight excluding hydrogens is 450 g/mol. The van der Waals surface area contributed by atoms with Crippen LogP contribution in [-0.4, -0.2) is 38.5 Å². The monoisotopic (exact) mass is 477 g/mol. The normalized spacial score (nSPS) is 12.3. The van der Waals surface area contributed by atoms with E-state index in [4.69, 9.17) is 9.73 Å². The molecule has 36 heavy (non-hydrogen) atoms. The Bertz CT molecular complexity index is 1520. The summed E-state index contributed by atoms with van der Waals surface area (Å²) < 4.78 is 5.21. The lowest BCUT2D eigenvalue weighted by molar-refractivity contribution is 0.100. The van der Waals surface area contributed by atoms with Crippen LogP contribution in [0.3, 0.4) is 0 Å². The second-order valence-corrected chi connectivity index (χ2v) is 9.66. The maximum atomic E-state index is 13.2. The van der Waals surface area contributed by atoms with Crippen LogP contribution in [0.1, 0.15) is 48.7 Å². The second kappa shape index (κ2) is 9.34. The number of imidazole rings is 1. The number of Topliss-reactive ketones (excluding diaryl/α,β-unsaturated/α-hetero) is 1. The van der Waals surface area contributed by atoms with Gasteiger partial charge >= 0.3 is 0 Å². The van der Waals surface area contributed by atoms with E-state index in [0.717, 1.165) is 16.6 Å². The Morgan fingerprint density at radius 1 is 0.861 bits per heavy atom. The van der Waals surface area contributed by atoms with Gasteiger partial charge in [0.25, 0.3) is 0 Å². The van der Waals surface area contributed by atoms with Crippen molar-refractivity contribution in [2.24, 2.45) is 4.99 Å². The lowest BCUT2D eigenvalue weighted by atomic mass is 9.86. The van der Waals surface area contributed by atoms with Crippen LogP contribution in [0.2, 0.25) is 0 Å². The van der Waals surface area contributed by atoms with Crippen molar-refractivity contribution < 1.29 is 9.53 Å². The Morgan fingerprint density at radius 2 is 1.50 bits per heavy atom. The molecule has 3 aromatic carbocycles. The number of hydrogen-bond acceptors (Lipinski definition) is 6. The zero-order chi connectivity index (χ0) is 25.3. The molecule has 2 aromatic heterocycles. The highest BCUT2D eigenvalue weighted by Gasteiger charge is 2.17. The van der Waals surface area contributed by atoms with Gasteiger partial charge in [0, 0.05) is 5.56 Å². The molecule has 0 aliphatic carbocycles. The summed E-state index contributed by atoms with van der Waals surface area (Å²) in [5.74, 6) is 1.01. The number of benzene rings is 3. The fourth-order valence-electron chi connectivity index (χ4n) is 3.97. The van der Waals surface area contributed by atoms with Crippen LogP contribution >= 0.6 is 0 Å².